The summed E-state index contributed by atoms with van der Waals surface area (Å²) in [6.07, 6.45) is 7.49. The van der Waals surface area contributed by atoms with E-state index >= 15 is 0 Å². The second kappa shape index (κ2) is 14.2. The van der Waals surface area contributed by atoms with Crippen LogP contribution in [0.25, 0.3) is 120 Å². The zero-order valence-electron chi connectivity index (χ0n) is 33.9. The van der Waals surface area contributed by atoms with E-state index in [1.54, 1.807) is 11.3 Å². The summed E-state index contributed by atoms with van der Waals surface area (Å²) in [6.45, 7) is 0. The van der Waals surface area contributed by atoms with Crippen molar-refractivity contribution in [3.63, 3.8) is 0 Å². The Hall–Kier alpha value is -8.19. The minimum absolute atomic E-state index is 0.966. The zero-order valence-corrected chi connectivity index (χ0v) is 34.7. The van der Waals surface area contributed by atoms with Crippen LogP contribution in [0, 0.1) is 0 Å². The Bertz CT molecular complexity index is 3660. The summed E-state index contributed by atoms with van der Waals surface area (Å²) in [5.74, 6) is 0. The third-order valence-electron chi connectivity index (χ3n) is 12.5. The summed E-state index contributed by atoms with van der Waals surface area (Å²) in [4.78, 5) is 15.3. The lowest BCUT2D eigenvalue weighted by Gasteiger charge is -2.16. The highest BCUT2D eigenvalue weighted by molar-refractivity contribution is 7.23. The van der Waals surface area contributed by atoms with Gasteiger partial charge >= 0.3 is 0 Å². The molecule has 0 aliphatic rings. The minimum Gasteiger partial charge on any atom is -0.309 e. The molecule has 0 amide bonds. The molecule has 0 fully saturated rings. The predicted octanol–water partition coefficient (Wildman–Crippen LogP) is 15.1. The third-order valence-corrected chi connectivity index (χ3v) is 13.8. The second-order valence-electron chi connectivity index (χ2n) is 16.0. The summed E-state index contributed by atoms with van der Waals surface area (Å²) in [7, 11) is 0. The number of nitrogens with zero attached hydrogens (tertiary/aromatic N) is 5. The number of benzene rings is 7. The van der Waals surface area contributed by atoms with Crippen molar-refractivity contribution in [1.82, 2.24) is 24.1 Å². The van der Waals surface area contributed by atoms with Gasteiger partial charge in [-0.2, -0.15) is 0 Å². The number of pyridine rings is 3. The molecule has 0 aliphatic carbocycles. The maximum Gasteiger partial charge on any atom is 0.0888 e. The number of hydrogen-bond donors (Lipinski definition) is 0. The molecule has 0 unspecified atom stereocenters. The minimum atomic E-state index is 0.966. The van der Waals surface area contributed by atoms with Gasteiger partial charge in [0.05, 0.1) is 38.0 Å². The van der Waals surface area contributed by atoms with Gasteiger partial charge < -0.3 is 9.13 Å². The van der Waals surface area contributed by atoms with Gasteiger partial charge in [-0.25, -0.2) is 4.98 Å². The molecule has 0 saturated heterocycles. The zero-order chi connectivity index (χ0) is 41.4. The number of fused-ring (bicyclic) bond motifs is 9. The van der Waals surface area contributed by atoms with Crippen LogP contribution >= 0.6 is 11.3 Å². The first-order valence-electron chi connectivity index (χ1n) is 21.2. The van der Waals surface area contributed by atoms with E-state index in [1.807, 2.05) is 24.8 Å². The number of para-hydroxylation sites is 5. The Morgan fingerprint density at radius 1 is 0.365 bits per heavy atom. The molecule has 0 aliphatic heterocycles. The lowest BCUT2D eigenvalue weighted by molar-refractivity contribution is 1.13. The average Bonchev–Trinajstić information content (AvgIpc) is 4.03. The van der Waals surface area contributed by atoms with Crippen molar-refractivity contribution < 1.29 is 0 Å². The molecule has 13 rings (SSSR count). The first-order valence-corrected chi connectivity index (χ1v) is 22.0. The summed E-state index contributed by atoms with van der Waals surface area (Å²) < 4.78 is 6.00. The van der Waals surface area contributed by atoms with E-state index in [4.69, 9.17) is 4.98 Å². The van der Waals surface area contributed by atoms with Crippen molar-refractivity contribution in [3.8, 4) is 55.3 Å². The normalized spacial score (nSPS) is 11.8. The van der Waals surface area contributed by atoms with Gasteiger partial charge in [0.2, 0.25) is 0 Å². The number of thiophene rings is 1. The highest BCUT2D eigenvalue weighted by atomic mass is 32.1. The SMILES string of the molecule is c1ccc2c(c1)nc(-c1ccc(-c3cc(-n4c5ccccc5c5ccccc54)cc(-n4c5ccccc5c5ccccc54)c3)cc1)c1sc(-c3ccncc3)c(-c3ccncc3)c12. The molecule has 13 aromatic rings. The highest BCUT2D eigenvalue weighted by Crippen LogP contribution is 2.50. The van der Waals surface area contributed by atoms with Gasteiger partial charge in [0.15, 0.2) is 0 Å². The topological polar surface area (TPSA) is 48.5 Å². The van der Waals surface area contributed by atoms with E-state index in [9.17, 15) is 0 Å². The van der Waals surface area contributed by atoms with Gasteiger partial charge in [-0.1, -0.05) is 115 Å². The van der Waals surface area contributed by atoms with Crippen molar-refractivity contribution in [2.24, 2.45) is 0 Å². The van der Waals surface area contributed by atoms with Crippen LogP contribution in [0.2, 0.25) is 0 Å². The molecule has 0 spiro atoms. The molecule has 0 bridgehead atoms. The van der Waals surface area contributed by atoms with Crippen molar-refractivity contribution in [3.05, 3.63) is 213 Å². The smallest absolute Gasteiger partial charge is 0.0888 e. The van der Waals surface area contributed by atoms with E-state index in [1.165, 1.54) is 59.4 Å². The first-order chi connectivity index (χ1) is 31.3. The van der Waals surface area contributed by atoms with E-state index < -0.39 is 0 Å². The molecule has 6 aromatic heterocycles. The largest absolute Gasteiger partial charge is 0.309 e. The van der Waals surface area contributed by atoms with Crippen LogP contribution in [-0.2, 0) is 0 Å². The number of aromatic nitrogens is 5. The molecule has 5 nitrogen and oxygen atoms in total. The Morgan fingerprint density at radius 3 is 1.33 bits per heavy atom. The molecule has 0 N–H and O–H groups in total. The van der Waals surface area contributed by atoms with Crippen LogP contribution in [0.1, 0.15) is 0 Å². The lowest BCUT2D eigenvalue weighted by Crippen LogP contribution is -2.00. The Kier molecular flexibility index (Phi) is 8.01. The van der Waals surface area contributed by atoms with Crippen LogP contribution in [0.5, 0.6) is 0 Å². The monoisotopic (exact) mass is 821 g/mol. The molecule has 294 valence electrons. The van der Waals surface area contributed by atoms with E-state index in [0.29, 0.717) is 0 Å². The van der Waals surface area contributed by atoms with Crippen LogP contribution < -0.4 is 0 Å². The Labute approximate surface area is 366 Å². The van der Waals surface area contributed by atoms with Crippen LogP contribution in [0.3, 0.4) is 0 Å². The predicted molar refractivity (Wildman–Crippen MR) is 263 cm³/mol. The van der Waals surface area contributed by atoms with E-state index in [0.717, 1.165) is 60.5 Å². The summed E-state index contributed by atoms with van der Waals surface area (Å²) in [6, 6.07) is 67.9. The van der Waals surface area contributed by atoms with Crippen molar-refractivity contribution in [1.29, 1.82) is 0 Å². The van der Waals surface area contributed by atoms with Gasteiger partial charge in [0.1, 0.15) is 0 Å². The summed E-state index contributed by atoms with van der Waals surface area (Å²) in [5.41, 5.74) is 15.6. The molecule has 6 heteroatoms. The molecule has 0 radical (unpaired) electrons. The van der Waals surface area contributed by atoms with Gasteiger partial charge in [-0.15, -0.1) is 11.3 Å². The molecular weight excluding hydrogens is 787 g/mol. The highest BCUT2D eigenvalue weighted by Gasteiger charge is 2.23. The maximum absolute atomic E-state index is 5.41. The molecule has 7 aromatic carbocycles. The van der Waals surface area contributed by atoms with Gasteiger partial charge in [0.25, 0.3) is 0 Å². The van der Waals surface area contributed by atoms with Crippen molar-refractivity contribution in [2.75, 3.05) is 0 Å². The van der Waals surface area contributed by atoms with Gasteiger partial charge in [-0.3, -0.25) is 9.97 Å². The second-order valence-corrected chi connectivity index (χ2v) is 17.0. The maximum atomic E-state index is 5.41. The third kappa shape index (κ3) is 5.59. The molecular formula is C57H35N5S. The van der Waals surface area contributed by atoms with Crippen LogP contribution in [0.15, 0.2) is 213 Å². The number of hydrogen-bond acceptors (Lipinski definition) is 4. The molecule has 0 atom stereocenters. The molecule has 0 saturated carbocycles. The van der Waals surface area contributed by atoms with Crippen LogP contribution in [0.4, 0.5) is 0 Å². The Balaban J connectivity index is 1.04. The average molecular weight is 822 g/mol. The van der Waals surface area contributed by atoms with Gasteiger partial charge in [0, 0.05) is 84.5 Å². The lowest BCUT2D eigenvalue weighted by atomic mass is 9.96. The van der Waals surface area contributed by atoms with E-state index in [-0.39, 0.29) is 0 Å². The Morgan fingerprint density at radius 2 is 0.810 bits per heavy atom. The van der Waals surface area contributed by atoms with Crippen LogP contribution in [-0.4, -0.2) is 24.1 Å². The standard InChI is InChI=1S/C57H35N5S/c1-6-16-48-47(15-1)54-53(37-25-29-58-30-26-37)56(39-27-31-59-32-28-39)63-57(54)55(60-48)38-23-21-36(22-24-38)40-33-41(61-49-17-7-2-11-43(49)44-12-3-8-18-50(44)61)35-42(34-40)62-51-19-9-4-13-45(51)46-14-5-10-20-52(46)62/h1-35H. The van der Waals surface area contributed by atoms with E-state index in [2.05, 4.69) is 207 Å². The fraction of sp³-hybridized carbons (Fsp3) is 0. The number of rotatable bonds is 6. The quantitative estimate of drug-likeness (QED) is 0.168. The van der Waals surface area contributed by atoms with Gasteiger partial charge in [-0.05, 0) is 95.1 Å². The summed E-state index contributed by atoms with van der Waals surface area (Å²) >= 11 is 1.80. The molecule has 6 heterocycles. The van der Waals surface area contributed by atoms with Crippen molar-refractivity contribution >= 4 is 75.9 Å². The van der Waals surface area contributed by atoms with Crippen molar-refractivity contribution in [2.45, 2.75) is 0 Å². The fourth-order valence-corrected chi connectivity index (χ4v) is 11.1. The summed E-state index contributed by atoms with van der Waals surface area (Å²) in [5, 5.41) is 7.30. The first kappa shape index (κ1) is 35.6. The molecule has 63 heavy (non-hydrogen) atoms. The fourth-order valence-electron chi connectivity index (χ4n) is 9.75.